The summed E-state index contributed by atoms with van der Waals surface area (Å²) in [6, 6.07) is 1.40. The van der Waals surface area contributed by atoms with E-state index in [0.29, 0.717) is 0 Å². The van der Waals surface area contributed by atoms with Gasteiger partial charge >= 0.3 is 5.69 Å². The minimum atomic E-state index is -0.461. The summed E-state index contributed by atoms with van der Waals surface area (Å²) >= 11 is 0. The first-order valence-electron chi connectivity index (χ1n) is 6.61. The average molecular weight is 265 g/mol. The molecule has 0 amide bonds. The highest BCUT2D eigenvalue weighted by Gasteiger charge is 2.26. The van der Waals surface area contributed by atoms with Gasteiger partial charge in [0.05, 0.1) is 4.92 Å². The summed E-state index contributed by atoms with van der Waals surface area (Å²) in [4.78, 5) is 14.6. The summed E-state index contributed by atoms with van der Waals surface area (Å²) in [6.07, 6.45) is 6.37. The quantitative estimate of drug-likeness (QED) is 0.514. The van der Waals surface area contributed by atoms with Crippen LogP contribution in [0.4, 0.5) is 5.69 Å². The van der Waals surface area contributed by atoms with Gasteiger partial charge in [-0.05, 0) is 31.7 Å². The summed E-state index contributed by atoms with van der Waals surface area (Å²) in [5, 5.41) is 11.0. The van der Waals surface area contributed by atoms with Crippen LogP contribution in [-0.2, 0) is 0 Å². The topological polar surface area (TPSA) is 91.3 Å². The molecule has 1 aliphatic carbocycles. The predicted octanol–water partition coefficient (Wildman–Crippen LogP) is 2.34. The van der Waals surface area contributed by atoms with Gasteiger partial charge < -0.3 is 10.5 Å². The number of aryl methyl sites for hydroxylation is 1. The van der Waals surface area contributed by atoms with Gasteiger partial charge in [-0.25, -0.2) is 4.98 Å². The van der Waals surface area contributed by atoms with Gasteiger partial charge in [0.2, 0.25) is 0 Å². The number of nitrogens with two attached hydrogens (primary N) is 1. The highest BCUT2D eigenvalue weighted by molar-refractivity contribution is 5.42. The van der Waals surface area contributed by atoms with Crippen molar-refractivity contribution in [1.29, 1.82) is 0 Å². The van der Waals surface area contributed by atoms with Gasteiger partial charge in [0.25, 0.3) is 5.88 Å². The van der Waals surface area contributed by atoms with Crippen molar-refractivity contribution in [3.63, 3.8) is 0 Å². The maximum absolute atomic E-state index is 11.0. The summed E-state index contributed by atoms with van der Waals surface area (Å²) in [5.74, 6) is 0.0814. The number of hydrogen-bond acceptors (Lipinski definition) is 5. The van der Waals surface area contributed by atoms with E-state index in [-0.39, 0.29) is 23.7 Å². The van der Waals surface area contributed by atoms with E-state index in [1.165, 1.54) is 6.07 Å². The number of hydrogen-bond donors (Lipinski definition) is 1. The first-order valence-corrected chi connectivity index (χ1v) is 6.61. The number of nitro groups is 1. The van der Waals surface area contributed by atoms with Crippen molar-refractivity contribution in [2.24, 2.45) is 5.73 Å². The molecule has 19 heavy (non-hydrogen) atoms. The lowest BCUT2D eigenvalue weighted by atomic mass is 10.1. The molecule has 1 aromatic rings. The van der Waals surface area contributed by atoms with Crippen molar-refractivity contribution in [3.05, 3.63) is 27.9 Å². The van der Waals surface area contributed by atoms with E-state index in [1.54, 1.807) is 13.1 Å². The van der Waals surface area contributed by atoms with Crippen LogP contribution in [0.3, 0.4) is 0 Å². The Morgan fingerprint density at radius 3 is 2.89 bits per heavy atom. The molecule has 2 unspecified atom stereocenters. The highest BCUT2D eigenvalue weighted by Crippen LogP contribution is 2.28. The molecule has 1 fully saturated rings. The van der Waals surface area contributed by atoms with Crippen LogP contribution in [0.1, 0.15) is 37.7 Å². The Labute approximate surface area is 112 Å². The Kier molecular flexibility index (Phi) is 4.31. The summed E-state index contributed by atoms with van der Waals surface area (Å²) in [6.45, 7) is 1.77. The molecule has 2 rings (SSSR count). The van der Waals surface area contributed by atoms with Crippen LogP contribution in [0.15, 0.2) is 12.3 Å². The molecular weight excluding hydrogens is 246 g/mol. The molecule has 0 saturated heterocycles. The lowest BCUT2D eigenvalue weighted by Gasteiger charge is -2.22. The zero-order valence-corrected chi connectivity index (χ0v) is 11.0. The molecule has 0 spiro atoms. The fourth-order valence-corrected chi connectivity index (χ4v) is 2.35. The largest absolute Gasteiger partial charge is 0.468 e. The standard InChI is InChI=1S/C13H19N3O3/c1-9-7-11(16(17)18)13(15-8-9)19-12-6-4-2-3-5-10(12)14/h7-8,10,12H,2-6,14H2,1H3. The van der Waals surface area contributed by atoms with Crippen LogP contribution < -0.4 is 10.5 Å². The number of nitrogens with zero attached hydrogens (tertiary/aromatic N) is 2. The van der Waals surface area contributed by atoms with Gasteiger partial charge in [0.1, 0.15) is 6.10 Å². The van der Waals surface area contributed by atoms with E-state index in [2.05, 4.69) is 4.98 Å². The molecule has 0 bridgehead atoms. The molecule has 1 saturated carbocycles. The van der Waals surface area contributed by atoms with Gasteiger partial charge in [0, 0.05) is 18.3 Å². The van der Waals surface area contributed by atoms with Gasteiger partial charge in [0.15, 0.2) is 0 Å². The molecule has 6 nitrogen and oxygen atoms in total. The van der Waals surface area contributed by atoms with E-state index in [9.17, 15) is 10.1 Å². The molecule has 2 atom stereocenters. The first kappa shape index (κ1) is 13.7. The van der Waals surface area contributed by atoms with E-state index >= 15 is 0 Å². The Morgan fingerprint density at radius 1 is 1.42 bits per heavy atom. The highest BCUT2D eigenvalue weighted by atomic mass is 16.6. The van der Waals surface area contributed by atoms with Crippen molar-refractivity contribution in [2.45, 2.75) is 51.2 Å². The van der Waals surface area contributed by atoms with E-state index in [0.717, 1.165) is 37.7 Å². The van der Waals surface area contributed by atoms with E-state index < -0.39 is 4.92 Å². The first-order chi connectivity index (χ1) is 9.08. The zero-order chi connectivity index (χ0) is 13.8. The predicted molar refractivity (Wildman–Crippen MR) is 71.1 cm³/mol. The molecular formula is C13H19N3O3. The minimum Gasteiger partial charge on any atom is -0.468 e. The van der Waals surface area contributed by atoms with Gasteiger partial charge in [-0.3, -0.25) is 10.1 Å². The molecule has 104 valence electrons. The number of aromatic nitrogens is 1. The minimum absolute atomic E-state index is 0.0785. The average Bonchev–Trinajstić information content (AvgIpc) is 2.57. The fraction of sp³-hybridized carbons (Fsp3) is 0.615. The molecule has 1 heterocycles. The Bertz CT molecular complexity index is 464. The van der Waals surface area contributed by atoms with Crippen molar-refractivity contribution in [2.75, 3.05) is 0 Å². The van der Waals surface area contributed by atoms with Crippen LogP contribution in [0.2, 0.25) is 0 Å². The molecule has 2 N–H and O–H groups in total. The van der Waals surface area contributed by atoms with Crippen molar-refractivity contribution >= 4 is 5.69 Å². The van der Waals surface area contributed by atoms with Crippen LogP contribution in [0.5, 0.6) is 5.88 Å². The molecule has 1 aromatic heterocycles. The number of pyridine rings is 1. The zero-order valence-electron chi connectivity index (χ0n) is 11.0. The molecule has 6 heteroatoms. The normalized spacial score (nSPS) is 23.7. The Balaban J connectivity index is 2.19. The smallest absolute Gasteiger partial charge is 0.331 e. The lowest BCUT2D eigenvalue weighted by molar-refractivity contribution is -0.386. The lowest BCUT2D eigenvalue weighted by Crippen LogP contribution is -2.38. The molecule has 0 aromatic carbocycles. The number of rotatable bonds is 3. The maximum Gasteiger partial charge on any atom is 0.331 e. The maximum atomic E-state index is 11.0. The van der Waals surface area contributed by atoms with Crippen LogP contribution in [0, 0.1) is 17.0 Å². The molecule has 1 aliphatic rings. The summed E-state index contributed by atoms with van der Waals surface area (Å²) in [5.41, 5.74) is 6.71. The Morgan fingerprint density at radius 2 is 2.16 bits per heavy atom. The number of ether oxygens (including phenoxy) is 1. The van der Waals surface area contributed by atoms with Crippen LogP contribution >= 0.6 is 0 Å². The SMILES string of the molecule is Cc1cnc(OC2CCCCCC2N)c([N+](=O)[O-])c1. The van der Waals surface area contributed by atoms with Crippen LogP contribution in [-0.4, -0.2) is 22.1 Å². The summed E-state index contributed by atoms with van der Waals surface area (Å²) < 4.78 is 5.72. The van der Waals surface area contributed by atoms with Gasteiger partial charge in [-0.2, -0.15) is 0 Å². The van der Waals surface area contributed by atoms with Crippen molar-refractivity contribution < 1.29 is 9.66 Å². The van der Waals surface area contributed by atoms with Gasteiger partial charge in [-0.15, -0.1) is 0 Å². The third-order valence-electron chi connectivity index (χ3n) is 3.43. The second-order valence-electron chi connectivity index (χ2n) is 5.05. The third-order valence-corrected chi connectivity index (χ3v) is 3.43. The second-order valence-corrected chi connectivity index (χ2v) is 5.05. The summed E-state index contributed by atoms with van der Waals surface area (Å²) in [7, 11) is 0. The molecule has 0 aliphatic heterocycles. The monoisotopic (exact) mass is 265 g/mol. The van der Waals surface area contributed by atoms with Gasteiger partial charge in [-0.1, -0.05) is 12.8 Å². The van der Waals surface area contributed by atoms with Crippen molar-refractivity contribution in [3.8, 4) is 5.88 Å². The van der Waals surface area contributed by atoms with Crippen LogP contribution in [0.25, 0.3) is 0 Å². The fourth-order valence-electron chi connectivity index (χ4n) is 2.35. The Hall–Kier alpha value is -1.69. The van der Waals surface area contributed by atoms with E-state index in [1.807, 2.05) is 0 Å². The van der Waals surface area contributed by atoms with E-state index in [4.69, 9.17) is 10.5 Å². The third kappa shape index (κ3) is 3.41. The van der Waals surface area contributed by atoms with Crippen molar-refractivity contribution in [1.82, 2.24) is 4.98 Å². The second kappa shape index (κ2) is 5.97. The molecule has 0 radical (unpaired) electrons.